The molecule has 96 valence electrons. The van der Waals surface area contributed by atoms with Gasteiger partial charge in [0.2, 0.25) is 11.7 Å². The summed E-state index contributed by atoms with van der Waals surface area (Å²) in [5, 5.41) is 13.8. The van der Waals surface area contributed by atoms with E-state index in [4.69, 9.17) is 4.52 Å². The average Bonchev–Trinajstić information content (AvgIpc) is 2.77. The van der Waals surface area contributed by atoms with Crippen LogP contribution in [-0.4, -0.2) is 31.3 Å². The Morgan fingerprint density at radius 3 is 2.72 bits per heavy atom. The summed E-state index contributed by atoms with van der Waals surface area (Å²) in [5.74, 6) is 0.789. The lowest BCUT2D eigenvalue weighted by Crippen LogP contribution is -2.28. The van der Waals surface area contributed by atoms with Crippen LogP contribution in [0, 0.1) is 5.41 Å². The molecular weight excluding hydrogens is 232 g/mol. The maximum Gasteiger partial charge on any atom is 0.229 e. The standard InChI is InChI=1S/C12H16N4O2/c1-12(2,3)9(17)6-10-15-11(16-18-10)8-7-13-4-5-14-8/h4-5,7,9,17H,6H2,1-3H3. The first kappa shape index (κ1) is 12.6. The van der Waals surface area contributed by atoms with E-state index in [1.165, 1.54) is 0 Å². The predicted molar refractivity (Wildman–Crippen MR) is 64.5 cm³/mol. The summed E-state index contributed by atoms with van der Waals surface area (Å²) in [5.41, 5.74) is 0.332. The van der Waals surface area contributed by atoms with Gasteiger partial charge in [-0.15, -0.1) is 0 Å². The van der Waals surface area contributed by atoms with Gasteiger partial charge in [0.15, 0.2) is 0 Å². The van der Waals surface area contributed by atoms with Gasteiger partial charge in [0.1, 0.15) is 5.69 Å². The highest BCUT2D eigenvalue weighted by Crippen LogP contribution is 2.22. The summed E-state index contributed by atoms with van der Waals surface area (Å²) in [6.45, 7) is 5.87. The zero-order chi connectivity index (χ0) is 13.2. The molecule has 1 unspecified atom stereocenters. The molecule has 0 aromatic carbocycles. The Morgan fingerprint density at radius 2 is 2.11 bits per heavy atom. The Balaban J connectivity index is 2.12. The third-order valence-corrected chi connectivity index (χ3v) is 2.63. The minimum Gasteiger partial charge on any atom is -0.392 e. The normalized spacial score (nSPS) is 13.6. The van der Waals surface area contributed by atoms with E-state index in [-0.39, 0.29) is 5.41 Å². The summed E-state index contributed by atoms with van der Waals surface area (Å²) in [6.07, 6.45) is 4.50. The molecule has 0 spiro atoms. The highest BCUT2D eigenvalue weighted by molar-refractivity contribution is 5.45. The first-order chi connectivity index (χ1) is 8.47. The predicted octanol–water partition coefficient (Wildman–Crippen LogP) is 1.48. The second kappa shape index (κ2) is 4.81. The van der Waals surface area contributed by atoms with Crippen LogP contribution in [0.15, 0.2) is 23.1 Å². The van der Waals surface area contributed by atoms with Gasteiger partial charge in [-0.05, 0) is 5.41 Å². The van der Waals surface area contributed by atoms with Crippen LogP contribution >= 0.6 is 0 Å². The Hall–Kier alpha value is -1.82. The Labute approximate surface area is 105 Å². The fourth-order valence-corrected chi connectivity index (χ4v) is 1.33. The van der Waals surface area contributed by atoms with E-state index >= 15 is 0 Å². The van der Waals surface area contributed by atoms with E-state index in [1.54, 1.807) is 18.6 Å². The molecule has 1 atom stereocenters. The topological polar surface area (TPSA) is 84.9 Å². The maximum atomic E-state index is 9.96. The Bertz CT molecular complexity index is 504. The molecule has 0 saturated carbocycles. The molecule has 2 aromatic heterocycles. The van der Waals surface area contributed by atoms with Gasteiger partial charge in [-0.2, -0.15) is 4.98 Å². The second-order valence-corrected chi connectivity index (χ2v) is 5.19. The van der Waals surface area contributed by atoms with Crippen molar-refractivity contribution in [2.45, 2.75) is 33.3 Å². The first-order valence-electron chi connectivity index (χ1n) is 5.74. The molecule has 0 radical (unpaired) electrons. The maximum absolute atomic E-state index is 9.96. The van der Waals surface area contributed by atoms with Crippen LogP contribution in [0.4, 0.5) is 0 Å². The molecule has 18 heavy (non-hydrogen) atoms. The third kappa shape index (κ3) is 2.89. The molecule has 1 N–H and O–H groups in total. The van der Waals surface area contributed by atoms with Gasteiger partial charge in [0, 0.05) is 12.4 Å². The van der Waals surface area contributed by atoms with Crippen molar-refractivity contribution in [3.8, 4) is 11.5 Å². The number of aliphatic hydroxyl groups is 1. The highest BCUT2D eigenvalue weighted by Gasteiger charge is 2.24. The van der Waals surface area contributed by atoms with Crippen molar-refractivity contribution in [3.63, 3.8) is 0 Å². The zero-order valence-electron chi connectivity index (χ0n) is 10.7. The van der Waals surface area contributed by atoms with E-state index in [0.29, 0.717) is 23.8 Å². The van der Waals surface area contributed by atoms with Gasteiger partial charge in [-0.1, -0.05) is 25.9 Å². The van der Waals surface area contributed by atoms with E-state index in [9.17, 15) is 5.11 Å². The monoisotopic (exact) mass is 248 g/mol. The van der Waals surface area contributed by atoms with Gasteiger partial charge in [-0.25, -0.2) is 4.98 Å². The lowest BCUT2D eigenvalue weighted by Gasteiger charge is -2.24. The molecule has 0 fully saturated rings. The second-order valence-electron chi connectivity index (χ2n) is 5.19. The van der Waals surface area contributed by atoms with Crippen molar-refractivity contribution in [2.24, 2.45) is 5.41 Å². The summed E-state index contributed by atoms with van der Waals surface area (Å²) in [7, 11) is 0. The smallest absolute Gasteiger partial charge is 0.229 e. The van der Waals surface area contributed by atoms with Gasteiger partial charge in [-0.3, -0.25) is 4.98 Å². The highest BCUT2D eigenvalue weighted by atomic mass is 16.5. The molecule has 2 rings (SSSR count). The molecule has 0 aliphatic carbocycles. The van der Waals surface area contributed by atoms with Crippen LogP contribution in [-0.2, 0) is 6.42 Å². The van der Waals surface area contributed by atoms with Crippen molar-refractivity contribution >= 4 is 0 Å². The molecule has 2 heterocycles. The number of aliphatic hydroxyl groups excluding tert-OH is 1. The minimum absolute atomic E-state index is 0.221. The number of nitrogens with zero attached hydrogens (tertiary/aromatic N) is 4. The van der Waals surface area contributed by atoms with Crippen molar-refractivity contribution in [1.82, 2.24) is 20.1 Å². The van der Waals surface area contributed by atoms with Crippen molar-refractivity contribution in [2.75, 3.05) is 0 Å². The van der Waals surface area contributed by atoms with E-state index in [2.05, 4.69) is 20.1 Å². The van der Waals surface area contributed by atoms with Gasteiger partial charge >= 0.3 is 0 Å². The van der Waals surface area contributed by atoms with E-state index in [1.807, 2.05) is 20.8 Å². The molecule has 0 bridgehead atoms. The van der Waals surface area contributed by atoms with Crippen LogP contribution in [0.5, 0.6) is 0 Å². The van der Waals surface area contributed by atoms with Crippen LogP contribution in [0.25, 0.3) is 11.5 Å². The SMILES string of the molecule is CC(C)(C)C(O)Cc1nc(-c2cnccn2)no1. The van der Waals surface area contributed by atoms with Gasteiger partial charge in [0.05, 0.1) is 18.7 Å². The van der Waals surface area contributed by atoms with E-state index < -0.39 is 6.10 Å². The van der Waals surface area contributed by atoms with Crippen LogP contribution < -0.4 is 0 Å². The molecule has 6 heteroatoms. The van der Waals surface area contributed by atoms with Gasteiger partial charge < -0.3 is 9.63 Å². The number of rotatable bonds is 3. The summed E-state index contributed by atoms with van der Waals surface area (Å²) < 4.78 is 5.10. The molecule has 0 aliphatic rings. The van der Waals surface area contributed by atoms with Crippen molar-refractivity contribution in [3.05, 3.63) is 24.5 Å². The molecule has 0 amide bonds. The molecular formula is C12H16N4O2. The number of hydrogen-bond donors (Lipinski definition) is 1. The fourth-order valence-electron chi connectivity index (χ4n) is 1.33. The summed E-state index contributed by atoms with van der Waals surface area (Å²) in [6, 6.07) is 0. The molecule has 0 saturated heterocycles. The van der Waals surface area contributed by atoms with Crippen LogP contribution in [0.2, 0.25) is 0 Å². The largest absolute Gasteiger partial charge is 0.392 e. The van der Waals surface area contributed by atoms with Crippen LogP contribution in [0.1, 0.15) is 26.7 Å². The Morgan fingerprint density at radius 1 is 1.33 bits per heavy atom. The minimum atomic E-state index is -0.535. The van der Waals surface area contributed by atoms with E-state index in [0.717, 1.165) is 0 Å². The summed E-state index contributed by atoms with van der Waals surface area (Å²) in [4.78, 5) is 12.2. The molecule has 0 aliphatic heterocycles. The lowest BCUT2D eigenvalue weighted by molar-refractivity contribution is 0.0565. The molecule has 2 aromatic rings. The quantitative estimate of drug-likeness (QED) is 0.885. The lowest BCUT2D eigenvalue weighted by atomic mass is 9.87. The Kier molecular flexibility index (Phi) is 3.38. The van der Waals surface area contributed by atoms with Crippen LogP contribution in [0.3, 0.4) is 0 Å². The van der Waals surface area contributed by atoms with Crippen molar-refractivity contribution in [1.29, 1.82) is 0 Å². The van der Waals surface area contributed by atoms with Crippen molar-refractivity contribution < 1.29 is 9.63 Å². The van der Waals surface area contributed by atoms with Gasteiger partial charge in [0.25, 0.3) is 0 Å². The third-order valence-electron chi connectivity index (χ3n) is 2.63. The average molecular weight is 248 g/mol. The number of aromatic nitrogens is 4. The number of hydrogen-bond acceptors (Lipinski definition) is 6. The fraction of sp³-hybridized carbons (Fsp3) is 0.500. The summed E-state index contributed by atoms with van der Waals surface area (Å²) >= 11 is 0. The first-order valence-corrected chi connectivity index (χ1v) is 5.74. The molecule has 6 nitrogen and oxygen atoms in total. The zero-order valence-corrected chi connectivity index (χ0v) is 10.7.